The van der Waals surface area contributed by atoms with Gasteiger partial charge < -0.3 is 4.74 Å². The number of benzene rings is 1. The molecule has 0 spiro atoms. The standard InChI is InChI=1S/C15H16ClFN2O/c1-8(2)14-18-13(16)10(4)15(19-14)20-12-6-5-11(17)7-9(12)3/h5-8H,1-4H3. The Labute approximate surface area is 122 Å². The fraction of sp³-hybridized carbons (Fsp3) is 0.333. The van der Waals surface area contributed by atoms with Crippen molar-refractivity contribution in [2.75, 3.05) is 0 Å². The molecule has 106 valence electrons. The number of aromatic nitrogens is 2. The summed E-state index contributed by atoms with van der Waals surface area (Å²) in [6.45, 7) is 7.53. The van der Waals surface area contributed by atoms with Gasteiger partial charge in [0.25, 0.3) is 0 Å². The van der Waals surface area contributed by atoms with Crippen LogP contribution >= 0.6 is 11.6 Å². The lowest BCUT2D eigenvalue weighted by Gasteiger charge is -2.13. The second-order valence-electron chi connectivity index (χ2n) is 4.97. The molecule has 0 aliphatic carbocycles. The minimum atomic E-state index is -0.296. The number of rotatable bonds is 3. The predicted molar refractivity (Wildman–Crippen MR) is 77.1 cm³/mol. The quantitative estimate of drug-likeness (QED) is 0.763. The van der Waals surface area contributed by atoms with Crippen molar-refractivity contribution in [1.82, 2.24) is 9.97 Å². The molecule has 2 aromatic rings. The minimum absolute atomic E-state index is 0.143. The monoisotopic (exact) mass is 294 g/mol. The topological polar surface area (TPSA) is 35.0 Å². The summed E-state index contributed by atoms with van der Waals surface area (Å²) in [4.78, 5) is 8.61. The third-order valence-corrected chi connectivity index (χ3v) is 3.29. The fourth-order valence-electron chi connectivity index (χ4n) is 1.67. The van der Waals surface area contributed by atoms with Gasteiger partial charge in [0, 0.05) is 11.5 Å². The highest BCUT2D eigenvalue weighted by molar-refractivity contribution is 6.30. The van der Waals surface area contributed by atoms with E-state index in [1.54, 1.807) is 19.9 Å². The first-order valence-corrected chi connectivity index (χ1v) is 6.74. The van der Waals surface area contributed by atoms with Crippen LogP contribution in [-0.2, 0) is 0 Å². The van der Waals surface area contributed by atoms with Gasteiger partial charge in [-0.15, -0.1) is 0 Å². The van der Waals surface area contributed by atoms with Crippen LogP contribution in [0.15, 0.2) is 18.2 Å². The number of nitrogens with zero attached hydrogens (tertiary/aromatic N) is 2. The third kappa shape index (κ3) is 3.07. The Morgan fingerprint density at radius 3 is 2.50 bits per heavy atom. The summed E-state index contributed by atoms with van der Waals surface area (Å²) < 4.78 is 18.9. The van der Waals surface area contributed by atoms with Crippen molar-refractivity contribution in [3.05, 3.63) is 46.1 Å². The van der Waals surface area contributed by atoms with Crippen LogP contribution in [0.25, 0.3) is 0 Å². The van der Waals surface area contributed by atoms with Gasteiger partial charge in [0.2, 0.25) is 5.88 Å². The predicted octanol–water partition coefficient (Wildman–Crippen LogP) is 4.80. The van der Waals surface area contributed by atoms with E-state index >= 15 is 0 Å². The average Bonchev–Trinajstić information content (AvgIpc) is 2.37. The van der Waals surface area contributed by atoms with Crippen LogP contribution in [-0.4, -0.2) is 9.97 Å². The molecule has 1 heterocycles. The molecule has 0 aliphatic heterocycles. The van der Waals surface area contributed by atoms with Crippen LogP contribution in [0.5, 0.6) is 11.6 Å². The van der Waals surface area contributed by atoms with Crippen LogP contribution in [0.4, 0.5) is 4.39 Å². The van der Waals surface area contributed by atoms with Crippen LogP contribution < -0.4 is 4.74 Å². The maximum atomic E-state index is 13.1. The van der Waals surface area contributed by atoms with Crippen molar-refractivity contribution in [3.63, 3.8) is 0 Å². The number of hydrogen-bond donors (Lipinski definition) is 0. The molecular formula is C15H16ClFN2O. The van der Waals surface area contributed by atoms with Gasteiger partial charge in [0.05, 0.1) is 0 Å². The van der Waals surface area contributed by atoms with E-state index in [4.69, 9.17) is 16.3 Å². The number of hydrogen-bond acceptors (Lipinski definition) is 3. The van der Waals surface area contributed by atoms with Crippen LogP contribution in [0.3, 0.4) is 0 Å². The number of halogens is 2. The van der Waals surface area contributed by atoms with Gasteiger partial charge in [-0.25, -0.2) is 9.37 Å². The smallest absolute Gasteiger partial charge is 0.227 e. The Morgan fingerprint density at radius 2 is 1.90 bits per heavy atom. The van der Waals surface area contributed by atoms with Crippen LogP contribution in [0.2, 0.25) is 5.15 Å². The van der Waals surface area contributed by atoms with Crippen LogP contribution in [0, 0.1) is 19.7 Å². The van der Waals surface area contributed by atoms with E-state index in [2.05, 4.69) is 9.97 Å². The summed E-state index contributed by atoms with van der Waals surface area (Å²) in [6, 6.07) is 4.34. The first kappa shape index (κ1) is 14.7. The summed E-state index contributed by atoms with van der Waals surface area (Å²) in [7, 11) is 0. The van der Waals surface area contributed by atoms with E-state index < -0.39 is 0 Å². The molecule has 0 radical (unpaired) electrons. The van der Waals surface area contributed by atoms with E-state index in [0.29, 0.717) is 33.7 Å². The first-order chi connectivity index (χ1) is 9.38. The minimum Gasteiger partial charge on any atom is -0.438 e. The number of ether oxygens (including phenoxy) is 1. The molecule has 1 aromatic carbocycles. The molecule has 3 nitrogen and oxygen atoms in total. The maximum Gasteiger partial charge on any atom is 0.227 e. The first-order valence-electron chi connectivity index (χ1n) is 6.36. The van der Waals surface area contributed by atoms with Gasteiger partial charge >= 0.3 is 0 Å². The lowest BCUT2D eigenvalue weighted by Crippen LogP contribution is -2.03. The largest absolute Gasteiger partial charge is 0.438 e. The molecule has 0 amide bonds. The summed E-state index contributed by atoms with van der Waals surface area (Å²) in [5, 5.41) is 0.374. The van der Waals surface area contributed by atoms with E-state index in [0.717, 1.165) is 0 Å². The molecule has 0 fully saturated rings. The number of aryl methyl sites for hydroxylation is 1. The third-order valence-electron chi connectivity index (χ3n) is 2.92. The highest BCUT2D eigenvalue weighted by Gasteiger charge is 2.14. The SMILES string of the molecule is Cc1cc(F)ccc1Oc1nc(C(C)C)nc(Cl)c1C. The lowest BCUT2D eigenvalue weighted by molar-refractivity contribution is 0.447. The zero-order chi connectivity index (χ0) is 14.9. The van der Waals surface area contributed by atoms with Crippen molar-refractivity contribution in [3.8, 4) is 11.6 Å². The zero-order valence-electron chi connectivity index (χ0n) is 11.9. The molecule has 5 heteroatoms. The van der Waals surface area contributed by atoms with Crippen molar-refractivity contribution >= 4 is 11.6 Å². The highest BCUT2D eigenvalue weighted by atomic mass is 35.5. The van der Waals surface area contributed by atoms with E-state index in [1.807, 2.05) is 13.8 Å². The summed E-state index contributed by atoms with van der Waals surface area (Å²) >= 11 is 6.10. The van der Waals surface area contributed by atoms with Crippen molar-refractivity contribution in [2.24, 2.45) is 0 Å². The summed E-state index contributed by atoms with van der Waals surface area (Å²) in [5.74, 6) is 1.43. The van der Waals surface area contributed by atoms with E-state index in [1.165, 1.54) is 12.1 Å². The van der Waals surface area contributed by atoms with Gasteiger partial charge in [-0.05, 0) is 37.6 Å². The second kappa shape index (κ2) is 5.75. The Bertz CT molecular complexity index is 644. The Hall–Kier alpha value is -1.68. The normalized spacial score (nSPS) is 10.9. The Balaban J connectivity index is 2.42. The average molecular weight is 295 g/mol. The molecule has 0 saturated heterocycles. The van der Waals surface area contributed by atoms with Crippen molar-refractivity contribution in [2.45, 2.75) is 33.6 Å². The zero-order valence-corrected chi connectivity index (χ0v) is 12.6. The van der Waals surface area contributed by atoms with Crippen molar-refractivity contribution < 1.29 is 9.13 Å². The lowest BCUT2D eigenvalue weighted by atomic mass is 10.2. The molecule has 0 unspecified atom stereocenters. The summed E-state index contributed by atoms with van der Waals surface area (Å²) in [6.07, 6.45) is 0. The van der Waals surface area contributed by atoms with Gasteiger partial charge in [0.1, 0.15) is 22.5 Å². The van der Waals surface area contributed by atoms with Gasteiger partial charge in [-0.2, -0.15) is 4.98 Å². The fourth-order valence-corrected chi connectivity index (χ4v) is 1.84. The van der Waals surface area contributed by atoms with Gasteiger partial charge in [-0.1, -0.05) is 25.4 Å². The molecule has 0 aliphatic rings. The molecular weight excluding hydrogens is 279 g/mol. The molecule has 2 rings (SSSR count). The van der Waals surface area contributed by atoms with Gasteiger partial charge in [-0.3, -0.25) is 0 Å². The molecule has 20 heavy (non-hydrogen) atoms. The highest BCUT2D eigenvalue weighted by Crippen LogP contribution is 2.30. The molecule has 1 aromatic heterocycles. The summed E-state index contributed by atoms with van der Waals surface area (Å²) in [5.41, 5.74) is 1.37. The Kier molecular flexibility index (Phi) is 4.23. The van der Waals surface area contributed by atoms with Crippen molar-refractivity contribution in [1.29, 1.82) is 0 Å². The molecule has 0 atom stereocenters. The maximum absolute atomic E-state index is 13.1. The Morgan fingerprint density at radius 1 is 1.20 bits per heavy atom. The molecule has 0 bridgehead atoms. The molecule has 0 N–H and O–H groups in total. The second-order valence-corrected chi connectivity index (χ2v) is 5.33. The van der Waals surface area contributed by atoms with E-state index in [9.17, 15) is 4.39 Å². The molecule has 0 saturated carbocycles. The van der Waals surface area contributed by atoms with Crippen LogP contribution in [0.1, 0.15) is 36.7 Å². The van der Waals surface area contributed by atoms with E-state index in [-0.39, 0.29) is 11.7 Å². The van der Waals surface area contributed by atoms with Gasteiger partial charge in [0.15, 0.2) is 0 Å².